The molecule has 0 amide bonds. The van der Waals surface area contributed by atoms with Crippen LogP contribution in [-0.4, -0.2) is 26.3 Å². The number of hydrogen-bond acceptors (Lipinski definition) is 4. The smallest absolute Gasteiger partial charge is 0.191 e. The van der Waals surface area contributed by atoms with E-state index in [1.807, 2.05) is 48.5 Å². The van der Waals surface area contributed by atoms with Crippen molar-refractivity contribution in [1.82, 2.24) is 14.8 Å². The first kappa shape index (κ1) is 18.4. The van der Waals surface area contributed by atoms with Gasteiger partial charge >= 0.3 is 0 Å². The van der Waals surface area contributed by atoms with E-state index in [0.717, 1.165) is 41.7 Å². The first-order valence-electron chi connectivity index (χ1n) is 8.95. The summed E-state index contributed by atoms with van der Waals surface area (Å²) in [6.45, 7) is 2.96. The molecule has 26 heavy (non-hydrogen) atoms. The minimum atomic E-state index is 0.202. The quantitative estimate of drug-likeness (QED) is 0.315. The van der Waals surface area contributed by atoms with Gasteiger partial charge in [0.25, 0.3) is 0 Å². The van der Waals surface area contributed by atoms with Crippen molar-refractivity contribution in [2.45, 2.75) is 37.9 Å². The van der Waals surface area contributed by atoms with Gasteiger partial charge in [0.05, 0.1) is 0 Å². The molecule has 0 bridgehead atoms. The highest BCUT2D eigenvalue weighted by Crippen LogP contribution is 2.20. The maximum absolute atomic E-state index is 12.1. The van der Waals surface area contributed by atoms with Crippen LogP contribution in [0.3, 0.4) is 0 Å². The Bertz CT molecular complexity index is 831. The number of benzene rings is 2. The molecule has 0 spiro atoms. The van der Waals surface area contributed by atoms with Crippen LogP contribution in [0.4, 0.5) is 0 Å². The van der Waals surface area contributed by atoms with Crippen molar-refractivity contribution in [3.05, 3.63) is 77.6 Å². The summed E-state index contributed by atoms with van der Waals surface area (Å²) in [5.74, 6) is 2.05. The molecule has 3 aromatic rings. The molecule has 0 fully saturated rings. The summed E-state index contributed by atoms with van der Waals surface area (Å²) in [7, 11) is 0. The second-order valence-corrected chi connectivity index (χ2v) is 7.11. The molecule has 5 heteroatoms. The Labute approximate surface area is 158 Å². The molecule has 0 N–H and O–H groups in total. The highest BCUT2D eigenvalue weighted by molar-refractivity contribution is 7.99. The largest absolute Gasteiger partial charge is 0.306 e. The molecular formula is C21H23N3OS. The second kappa shape index (κ2) is 9.34. The minimum Gasteiger partial charge on any atom is -0.306 e. The number of Topliss-reactive ketones (excluding diaryl/α,β-unsaturated/α-hetero) is 1. The summed E-state index contributed by atoms with van der Waals surface area (Å²) in [5.41, 5.74) is 2.03. The highest BCUT2D eigenvalue weighted by Gasteiger charge is 2.12. The van der Waals surface area contributed by atoms with E-state index in [2.05, 4.69) is 33.8 Å². The predicted octanol–water partition coefficient (Wildman–Crippen LogP) is 4.64. The molecule has 0 unspecified atom stereocenters. The number of rotatable bonds is 9. The van der Waals surface area contributed by atoms with Crippen LogP contribution in [0.2, 0.25) is 0 Å². The number of carbonyl (C=O) groups is 1. The molecule has 1 heterocycles. The number of ketones is 1. The van der Waals surface area contributed by atoms with E-state index in [4.69, 9.17) is 0 Å². The summed E-state index contributed by atoms with van der Waals surface area (Å²) in [4.78, 5) is 12.1. The van der Waals surface area contributed by atoms with E-state index in [-0.39, 0.29) is 5.78 Å². The molecule has 0 aliphatic rings. The van der Waals surface area contributed by atoms with Crippen molar-refractivity contribution in [3.8, 4) is 0 Å². The third-order valence-electron chi connectivity index (χ3n) is 4.19. The Morgan fingerprint density at radius 3 is 2.38 bits per heavy atom. The number of aromatic nitrogens is 3. The van der Waals surface area contributed by atoms with Crippen LogP contribution in [0.1, 0.15) is 41.5 Å². The lowest BCUT2D eigenvalue weighted by molar-refractivity contribution is 0.0982. The standard InChI is InChI=1S/C21H23N3OS/c1-2-24-20(16-17-10-5-3-6-11-17)22-23-21(24)26-15-9-14-19(25)18-12-7-4-8-13-18/h3-8,10-13H,2,9,14-16H2,1H3. The van der Waals surface area contributed by atoms with Crippen LogP contribution in [0.25, 0.3) is 0 Å². The Hall–Kier alpha value is -2.40. The Balaban J connectivity index is 1.53. The van der Waals surface area contributed by atoms with Gasteiger partial charge in [-0.1, -0.05) is 72.4 Å². The van der Waals surface area contributed by atoms with E-state index >= 15 is 0 Å². The Kier molecular flexibility index (Phi) is 6.61. The second-order valence-electron chi connectivity index (χ2n) is 6.05. The zero-order chi connectivity index (χ0) is 18.2. The van der Waals surface area contributed by atoms with Gasteiger partial charge in [-0.25, -0.2) is 0 Å². The monoisotopic (exact) mass is 365 g/mol. The molecule has 4 nitrogen and oxygen atoms in total. The molecule has 0 radical (unpaired) electrons. The van der Waals surface area contributed by atoms with Gasteiger partial charge in [0.2, 0.25) is 0 Å². The lowest BCUT2D eigenvalue weighted by Crippen LogP contribution is -2.04. The van der Waals surface area contributed by atoms with Crippen molar-refractivity contribution in [3.63, 3.8) is 0 Å². The number of carbonyl (C=O) groups excluding carboxylic acids is 1. The van der Waals surface area contributed by atoms with Crippen molar-refractivity contribution >= 4 is 17.5 Å². The van der Waals surface area contributed by atoms with E-state index < -0.39 is 0 Å². The van der Waals surface area contributed by atoms with Gasteiger partial charge in [0, 0.05) is 30.7 Å². The Morgan fingerprint density at radius 2 is 1.69 bits per heavy atom. The molecule has 134 valence electrons. The third kappa shape index (κ3) is 4.82. The van der Waals surface area contributed by atoms with Crippen molar-refractivity contribution < 1.29 is 4.79 Å². The summed E-state index contributed by atoms with van der Waals surface area (Å²) >= 11 is 1.68. The number of hydrogen-bond donors (Lipinski definition) is 0. The molecule has 0 atom stereocenters. The summed E-state index contributed by atoms with van der Waals surface area (Å²) < 4.78 is 2.16. The van der Waals surface area contributed by atoms with Crippen LogP contribution in [0.5, 0.6) is 0 Å². The number of thioether (sulfide) groups is 1. The fraction of sp³-hybridized carbons (Fsp3) is 0.286. The maximum atomic E-state index is 12.1. The predicted molar refractivity (Wildman–Crippen MR) is 106 cm³/mol. The zero-order valence-electron chi connectivity index (χ0n) is 15.0. The molecule has 0 saturated heterocycles. The van der Waals surface area contributed by atoms with E-state index in [1.54, 1.807) is 11.8 Å². The van der Waals surface area contributed by atoms with Gasteiger partial charge in [-0.3, -0.25) is 4.79 Å². The van der Waals surface area contributed by atoms with Gasteiger partial charge in [-0.2, -0.15) is 0 Å². The highest BCUT2D eigenvalue weighted by atomic mass is 32.2. The third-order valence-corrected chi connectivity index (χ3v) is 5.24. The Morgan fingerprint density at radius 1 is 1.00 bits per heavy atom. The zero-order valence-corrected chi connectivity index (χ0v) is 15.8. The normalized spacial score (nSPS) is 10.8. The molecule has 0 saturated carbocycles. The summed E-state index contributed by atoms with van der Waals surface area (Å²) in [5, 5.41) is 9.65. The first-order chi connectivity index (χ1) is 12.8. The van der Waals surface area contributed by atoms with Gasteiger partial charge < -0.3 is 4.57 Å². The van der Waals surface area contributed by atoms with Crippen LogP contribution in [0, 0.1) is 0 Å². The molecule has 1 aromatic heterocycles. The van der Waals surface area contributed by atoms with Crippen LogP contribution in [-0.2, 0) is 13.0 Å². The van der Waals surface area contributed by atoms with E-state index in [1.165, 1.54) is 5.56 Å². The minimum absolute atomic E-state index is 0.202. The van der Waals surface area contributed by atoms with Gasteiger partial charge in [-0.05, 0) is 18.9 Å². The lowest BCUT2D eigenvalue weighted by Gasteiger charge is -2.07. The average molecular weight is 366 g/mol. The van der Waals surface area contributed by atoms with Gasteiger partial charge in [0.15, 0.2) is 10.9 Å². The first-order valence-corrected chi connectivity index (χ1v) is 9.93. The fourth-order valence-corrected chi connectivity index (χ4v) is 3.78. The molecule has 0 aliphatic heterocycles. The molecule has 0 aliphatic carbocycles. The number of nitrogens with zero attached hydrogens (tertiary/aromatic N) is 3. The summed E-state index contributed by atoms with van der Waals surface area (Å²) in [6, 6.07) is 19.8. The fourth-order valence-electron chi connectivity index (χ4n) is 2.82. The summed E-state index contributed by atoms with van der Waals surface area (Å²) in [6.07, 6.45) is 2.19. The van der Waals surface area contributed by atoms with Gasteiger partial charge in [0.1, 0.15) is 5.82 Å². The van der Waals surface area contributed by atoms with Crippen LogP contribution < -0.4 is 0 Å². The van der Waals surface area contributed by atoms with Crippen molar-refractivity contribution in [1.29, 1.82) is 0 Å². The molecular weight excluding hydrogens is 342 g/mol. The lowest BCUT2D eigenvalue weighted by atomic mass is 10.1. The SMILES string of the molecule is CCn1c(Cc2ccccc2)nnc1SCCCC(=O)c1ccccc1. The van der Waals surface area contributed by atoms with Crippen LogP contribution >= 0.6 is 11.8 Å². The van der Waals surface area contributed by atoms with E-state index in [0.29, 0.717) is 6.42 Å². The van der Waals surface area contributed by atoms with Crippen molar-refractivity contribution in [2.75, 3.05) is 5.75 Å². The van der Waals surface area contributed by atoms with E-state index in [9.17, 15) is 4.79 Å². The van der Waals surface area contributed by atoms with Crippen molar-refractivity contribution in [2.24, 2.45) is 0 Å². The van der Waals surface area contributed by atoms with Gasteiger partial charge in [-0.15, -0.1) is 10.2 Å². The average Bonchev–Trinajstić information content (AvgIpc) is 3.08. The molecule has 3 rings (SSSR count). The topological polar surface area (TPSA) is 47.8 Å². The molecule has 2 aromatic carbocycles. The maximum Gasteiger partial charge on any atom is 0.191 e. The van der Waals surface area contributed by atoms with Crippen LogP contribution in [0.15, 0.2) is 65.8 Å².